The molecule has 0 bridgehead atoms. The number of Topliss-reactive ketones (excluding diaryl/α,β-unsaturated/α-hetero) is 1. The van der Waals surface area contributed by atoms with E-state index in [1.54, 1.807) is 6.07 Å². The van der Waals surface area contributed by atoms with Gasteiger partial charge in [-0.05, 0) is 18.2 Å². The smallest absolute Gasteiger partial charge is 0.332 e. The van der Waals surface area contributed by atoms with Gasteiger partial charge in [-0.15, -0.1) is 0 Å². The number of aliphatic carboxylic acids is 1. The van der Waals surface area contributed by atoms with E-state index in [1.165, 1.54) is 12.1 Å². The molecule has 0 fully saturated rings. The molecule has 0 amide bonds. The van der Waals surface area contributed by atoms with Crippen LogP contribution in [0.1, 0.15) is 16.8 Å². The first-order chi connectivity index (χ1) is 8.08. The van der Waals surface area contributed by atoms with Crippen LogP contribution in [0.2, 0.25) is 0 Å². The van der Waals surface area contributed by atoms with Gasteiger partial charge in [0.2, 0.25) is 6.79 Å². The molecule has 1 aliphatic rings. The summed E-state index contributed by atoms with van der Waals surface area (Å²) in [7, 11) is 0. The Bertz CT molecular complexity index is 467. The number of ether oxygens (including phenoxy) is 2. The molecule has 0 radical (unpaired) electrons. The summed E-state index contributed by atoms with van der Waals surface area (Å²) in [6.45, 7) is 0.102. The molecule has 1 unspecified atom stereocenters. The number of carbonyl (C=O) groups excluding carboxylic acids is 1. The van der Waals surface area contributed by atoms with Crippen LogP contribution in [0.4, 0.5) is 0 Å². The van der Waals surface area contributed by atoms with Crippen LogP contribution in [-0.2, 0) is 4.79 Å². The Morgan fingerprint density at radius 2 is 2.00 bits per heavy atom. The van der Waals surface area contributed by atoms with Crippen molar-refractivity contribution < 1.29 is 29.3 Å². The van der Waals surface area contributed by atoms with E-state index in [2.05, 4.69) is 0 Å². The number of hydrogen-bond acceptors (Lipinski definition) is 5. The highest BCUT2D eigenvalue weighted by Gasteiger charge is 2.21. The molecule has 1 atom stereocenters. The summed E-state index contributed by atoms with van der Waals surface area (Å²) in [6, 6.07) is 4.55. The number of aliphatic hydroxyl groups excluding tert-OH is 1. The number of carbonyl (C=O) groups is 2. The first-order valence-electron chi connectivity index (χ1n) is 4.91. The fourth-order valence-corrected chi connectivity index (χ4v) is 1.45. The maximum Gasteiger partial charge on any atom is 0.332 e. The van der Waals surface area contributed by atoms with E-state index in [1.807, 2.05) is 0 Å². The van der Waals surface area contributed by atoms with Gasteiger partial charge in [0.05, 0.1) is 0 Å². The summed E-state index contributed by atoms with van der Waals surface area (Å²) in [5, 5.41) is 17.6. The Hall–Kier alpha value is -2.08. The Labute approximate surface area is 96.4 Å². The van der Waals surface area contributed by atoms with Gasteiger partial charge in [-0.3, -0.25) is 4.79 Å². The maximum absolute atomic E-state index is 11.6. The molecule has 1 aromatic carbocycles. The molecular formula is C11H10O6. The molecule has 1 aromatic rings. The van der Waals surface area contributed by atoms with Crippen LogP contribution in [0.5, 0.6) is 11.5 Å². The van der Waals surface area contributed by atoms with Crippen molar-refractivity contribution in [3.63, 3.8) is 0 Å². The number of ketones is 1. The largest absolute Gasteiger partial charge is 0.479 e. The van der Waals surface area contributed by atoms with Gasteiger partial charge in [0.1, 0.15) is 0 Å². The quantitative estimate of drug-likeness (QED) is 0.739. The molecule has 17 heavy (non-hydrogen) atoms. The zero-order valence-corrected chi connectivity index (χ0v) is 8.75. The van der Waals surface area contributed by atoms with E-state index < -0.39 is 24.3 Å². The lowest BCUT2D eigenvalue weighted by Gasteiger charge is -2.05. The second-order valence-electron chi connectivity index (χ2n) is 3.55. The second-order valence-corrected chi connectivity index (χ2v) is 3.55. The van der Waals surface area contributed by atoms with E-state index in [-0.39, 0.29) is 12.4 Å². The fourth-order valence-electron chi connectivity index (χ4n) is 1.45. The molecule has 90 valence electrons. The van der Waals surface area contributed by atoms with Crippen LogP contribution in [0.15, 0.2) is 18.2 Å². The third-order valence-electron chi connectivity index (χ3n) is 2.36. The van der Waals surface area contributed by atoms with Gasteiger partial charge >= 0.3 is 5.97 Å². The van der Waals surface area contributed by atoms with E-state index in [9.17, 15) is 9.59 Å². The molecular weight excluding hydrogens is 228 g/mol. The molecule has 0 aliphatic carbocycles. The topological polar surface area (TPSA) is 93.1 Å². The predicted octanol–water partition coefficient (Wildman–Crippen LogP) is 0.434. The lowest BCUT2D eigenvalue weighted by Crippen LogP contribution is -2.23. The Morgan fingerprint density at radius 3 is 2.71 bits per heavy atom. The van der Waals surface area contributed by atoms with Crippen LogP contribution in [-0.4, -0.2) is 34.9 Å². The van der Waals surface area contributed by atoms with E-state index >= 15 is 0 Å². The van der Waals surface area contributed by atoms with E-state index in [4.69, 9.17) is 19.7 Å². The van der Waals surface area contributed by atoms with Crippen LogP contribution < -0.4 is 9.47 Å². The number of carboxylic acids is 1. The standard InChI is InChI=1S/C11H10O6/c12-7(4-8(13)11(14)15)6-1-2-9-10(3-6)17-5-16-9/h1-3,8,13H,4-5H2,(H,14,15). The molecule has 0 aromatic heterocycles. The van der Waals surface area contributed by atoms with Gasteiger partial charge in [-0.1, -0.05) is 0 Å². The Balaban J connectivity index is 2.12. The number of fused-ring (bicyclic) bond motifs is 1. The predicted molar refractivity (Wildman–Crippen MR) is 55.2 cm³/mol. The third kappa shape index (κ3) is 2.36. The third-order valence-corrected chi connectivity index (χ3v) is 2.36. The van der Waals surface area contributed by atoms with Crippen molar-refractivity contribution in [2.45, 2.75) is 12.5 Å². The molecule has 1 aliphatic heterocycles. The minimum absolute atomic E-state index is 0.102. The van der Waals surface area contributed by atoms with Gasteiger partial charge in [0, 0.05) is 12.0 Å². The molecule has 0 saturated carbocycles. The van der Waals surface area contributed by atoms with Crippen molar-refractivity contribution >= 4 is 11.8 Å². The molecule has 2 N–H and O–H groups in total. The van der Waals surface area contributed by atoms with Crippen molar-refractivity contribution in [3.05, 3.63) is 23.8 Å². The average Bonchev–Trinajstić information content (AvgIpc) is 2.75. The molecule has 6 nitrogen and oxygen atoms in total. The molecule has 2 rings (SSSR count). The first kappa shape index (κ1) is 11.4. The summed E-state index contributed by atoms with van der Waals surface area (Å²) in [5.41, 5.74) is 0.287. The minimum Gasteiger partial charge on any atom is -0.479 e. The number of carboxylic acid groups (broad SMARTS) is 1. The summed E-state index contributed by atoms with van der Waals surface area (Å²) in [4.78, 5) is 22.0. The van der Waals surface area contributed by atoms with Gasteiger partial charge in [-0.2, -0.15) is 0 Å². The lowest BCUT2D eigenvalue weighted by atomic mass is 10.0. The van der Waals surface area contributed by atoms with Crippen molar-refractivity contribution in [1.82, 2.24) is 0 Å². The summed E-state index contributed by atoms with van der Waals surface area (Å²) in [6.07, 6.45) is -2.15. The van der Waals surface area contributed by atoms with Crippen molar-refractivity contribution in [3.8, 4) is 11.5 Å². The Kier molecular flexibility index (Phi) is 2.97. The van der Waals surface area contributed by atoms with Gasteiger partial charge in [0.25, 0.3) is 0 Å². The molecule has 0 saturated heterocycles. The number of aliphatic hydroxyl groups is 1. The van der Waals surface area contributed by atoms with Crippen LogP contribution >= 0.6 is 0 Å². The molecule has 0 spiro atoms. The second kappa shape index (κ2) is 4.42. The van der Waals surface area contributed by atoms with E-state index in [0.717, 1.165) is 0 Å². The number of rotatable bonds is 4. The zero-order valence-electron chi connectivity index (χ0n) is 8.75. The molecule has 1 heterocycles. The number of benzene rings is 1. The van der Waals surface area contributed by atoms with Crippen LogP contribution in [0.3, 0.4) is 0 Å². The summed E-state index contributed by atoms with van der Waals surface area (Å²) < 4.78 is 10.2. The normalized spacial score (nSPS) is 14.4. The number of hydrogen-bond donors (Lipinski definition) is 2. The zero-order chi connectivity index (χ0) is 12.4. The average molecular weight is 238 g/mol. The Morgan fingerprint density at radius 1 is 1.29 bits per heavy atom. The highest BCUT2D eigenvalue weighted by molar-refractivity contribution is 5.99. The minimum atomic E-state index is -1.69. The van der Waals surface area contributed by atoms with Gasteiger partial charge in [-0.25, -0.2) is 4.79 Å². The first-order valence-corrected chi connectivity index (χ1v) is 4.91. The van der Waals surface area contributed by atoms with Crippen molar-refractivity contribution in [2.24, 2.45) is 0 Å². The van der Waals surface area contributed by atoms with E-state index in [0.29, 0.717) is 11.5 Å². The van der Waals surface area contributed by atoms with Gasteiger partial charge in [0.15, 0.2) is 23.4 Å². The lowest BCUT2D eigenvalue weighted by molar-refractivity contribution is -0.146. The SMILES string of the molecule is O=C(CC(O)C(=O)O)c1ccc2c(c1)OCO2. The van der Waals surface area contributed by atoms with Crippen LogP contribution in [0, 0.1) is 0 Å². The van der Waals surface area contributed by atoms with Crippen LogP contribution in [0.25, 0.3) is 0 Å². The maximum atomic E-state index is 11.6. The van der Waals surface area contributed by atoms with Gasteiger partial charge < -0.3 is 19.7 Å². The molecule has 6 heteroatoms. The fraction of sp³-hybridized carbons (Fsp3) is 0.273. The summed E-state index contributed by atoms with van der Waals surface area (Å²) in [5.74, 6) is -0.890. The summed E-state index contributed by atoms with van der Waals surface area (Å²) >= 11 is 0. The monoisotopic (exact) mass is 238 g/mol. The van der Waals surface area contributed by atoms with Crippen molar-refractivity contribution in [1.29, 1.82) is 0 Å². The highest BCUT2D eigenvalue weighted by Crippen LogP contribution is 2.32. The highest BCUT2D eigenvalue weighted by atomic mass is 16.7. The van der Waals surface area contributed by atoms with Crippen molar-refractivity contribution in [2.75, 3.05) is 6.79 Å².